The minimum Gasteiger partial charge on any atom is -0.186 e. The van der Waals surface area contributed by atoms with Crippen molar-refractivity contribution in [2.75, 3.05) is 0 Å². The minimum atomic E-state index is 0.250. The van der Waals surface area contributed by atoms with E-state index in [-0.39, 0.29) is 6.15 Å². The van der Waals surface area contributed by atoms with E-state index in [1.807, 2.05) is 0 Å². The lowest BCUT2D eigenvalue weighted by molar-refractivity contribution is -0.191. The maximum atomic E-state index is 8.12. The van der Waals surface area contributed by atoms with Crippen LogP contribution in [0, 0.1) is 0 Å². The van der Waals surface area contributed by atoms with Crippen LogP contribution in [0.2, 0.25) is 0 Å². The fourth-order valence-electron chi connectivity index (χ4n) is 0. The minimum absolute atomic E-state index is 0.250. The SMILES string of the molecule is C=C.C=C.O=C=O. The maximum absolute atomic E-state index is 8.12. The van der Waals surface area contributed by atoms with Crippen LogP contribution in [0.5, 0.6) is 0 Å². The zero-order valence-electron chi connectivity index (χ0n) is 4.14. The van der Waals surface area contributed by atoms with Gasteiger partial charge in [0.2, 0.25) is 0 Å². The third kappa shape index (κ3) is 30.6. The molecule has 0 bridgehead atoms. The molecule has 2 heteroatoms. The molecule has 0 saturated heterocycles. The fourth-order valence-corrected chi connectivity index (χ4v) is 0. The van der Waals surface area contributed by atoms with Crippen molar-refractivity contribution >= 4 is 6.15 Å². The van der Waals surface area contributed by atoms with Crippen molar-refractivity contribution in [1.82, 2.24) is 0 Å². The summed E-state index contributed by atoms with van der Waals surface area (Å²) in [6.07, 6.45) is 0.250. The summed E-state index contributed by atoms with van der Waals surface area (Å²) in [5.74, 6) is 0. The summed E-state index contributed by atoms with van der Waals surface area (Å²) in [5.41, 5.74) is 0. The number of hydrogen-bond donors (Lipinski definition) is 0. The smallest absolute Gasteiger partial charge is 0.186 e. The molecule has 0 radical (unpaired) electrons. The van der Waals surface area contributed by atoms with Gasteiger partial charge in [0.1, 0.15) is 0 Å². The van der Waals surface area contributed by atoms with Crippen molar-refractivity contribution in [3.8, 4) is 0 Å². The predicted molar refractivity (Wildman–Crippen MR) is 27.5 cm³/mol. The first kappa shape index (κ1) is 16.9. The maximum Gasteiger partial charge on any atom is 0.373 e. The quantitative estimate of drug-likeness (QED) is 0.426. The highest BCUT2D eigenvalue weighted by Gasteiger charge is 1.13. The van der Waals surface area contributed by atoms with Crippen LogP contribution in [-0.2, 0) is 9.59 Å². The van der Waals surface area contributed by atoms with E-state index in [1.165, 1.54) is 0 Å². The Morgan fingerprint density at radius 2 is 0.857 bits per heavy atom. The Balaban J connectivity index is -0.0000000360. The molecule has 0 aliphatic rings. The molecule has 0 N–H and O–H groups in total. The van der Waals surface area contributed by atoms with Crippen molar-refractivity contribution in [2.45, 2.75) is 0 Å². The monoisotopic (exact) mass is 100 g/mol. The standard InChI is InChI=1S/2C2H4.CO2/c2*1-2;2-1-3/h2*1-2H2;. The molecule has 2 nitrogen and oxygen atoms in total. The van der Waals surface area contributed by atoms with E-state index in [9.17, 15) is 0 Å². The van der Waals surface area contributed by atoms with E-state index in [0.717, 1.165) is 0 Å². The molecule has 0 heterocycles. The molecule has 0 rings (SSSR count). The van der Waals surface area contributed by atoms with Gasteiger partial charge in [-0.3, -0.25) is 0 Å². The van der Waals surface area contributed by atoms with Gasteiger partial charge < -0.3 is 0 Å². The summed E-state index contributed by atoms with van der Waals surface area (Å²) in [5, 5.41) is 0. The summed E-state index contributed by atoms with van der Waals surface area (Å²) in [7, 11) is 0. The first-order chi connectivity index (χ1) is 3.41. The molecule has 0 aromatic rings. The number of rotatable bonds is 0. The summed E-state index contributed by atoms with van der Waals surface area (Å²) in [6, 6.07) is 0. The van der Waals surface area contributed by atoms with Crippen molar-refractivity contribution in [2.24, 2.45) is 0 Å². The molecular formula is C5H8O2. The van der Waals surface area contributed by atoms with Crippen LogP contribution in [0.3, 0.4) is 0 Å². The van der Waals surface area contributed by atoms with E-state index in [0.29, 0.717) is 0 Å². The van der Waals surface area contributed by atoms with Gasteiger partial charge in [-0.25, -0.2) is 0 Å². The molecule has 0 amide bonds. The molecule has 7 heavy (non-hydrogen) atoms. The topological polar surface area (TPSA) is 34.1 Å². The van der Waals surface area contributed by atoms with Gasteiger partial charge in [-0.15, -0.1) is 26.3 Å². The Bertz CT molecular complexity index is 42.0. The van der Waals surface area contributed by atoms with Gasteiger partial charge in [0.05, 0.1) is 0 Å². The van der Waals surface area contributed by atoms with Gasteiger partial charge in [0.15, 0.2) is 0 Å². The van der Waals surface area contributed by atoms with Crippen LogP contribution >= 0.6 is 0 Å². The second kappa shape index (κ2) is 3690. The van der Waals surface area contributed by atoms with Crippen molar-refractivity contribution in [1.29, 1.82) is 0 Å². The van der Waals surface area contributed by atoms with Crippen molar-refractivity contribution in [3.63, 3.8) is 0 Å². The van der Waals surface area contributed by atoms with Gasteiger partial charge in [-0.1, -0.05) is 0 Å². The largest absolute Gasteiger partial charge is 0.373 e. The zero-order valence-corrected chi connectivity index (χ0v) is 4.14. The van der Waals surface area contributed by atoms with Crippen LogP contribution in [0.15, 0.2) is 26.3 Å². The molecule has 0 aliphatic carbocycles. The summed E-state index contributed by atoms with van der Waals surface area (Å²) >= 11 is 0. The van der Waals surface area contributed by atoms with Gasteiger partial charge in [-0.2, -0.15) is 9.59 Å². The first-order valence-corrected chi connectivity index (χ1v) is 1.41. The zero-order chi connectivity index (χ0) is 6.71. The highest BCUT2D eigenvalue weighted by molar-refractivity contribution is 5.20. The van der Waals surface area contributed by atoms with Crippen molar-refractivity contribution in [3.05, 3.63) is 26.3 Å². The summed E-state index contributed by atoms with van der Waals surface area (Å²) in [6.45, 7) is 12.0. The van der Waals surface area contributed by atoms with E-state index in [1.54, 1.807) is 0 Å². The molecule has 40 valence electrons. The molecule has 0 atom stereocenters. The summed E-state index contributed by atoms with van der Waals surface area (Å²) in [4.78, 5) is 16.2. The molecular weight excluding hydrogens is 92.1 g/mol. The highest BCUT2D eigenvalue weighted by Crippen LogP contribution is 0.864. The van der Waals surface area contributed by atoms with E-state index in [4.69, 9.17) is 9.59 Å². The second-order valence-electron chi connectivity index (χ2n) is 0.0833. The normalized spacial score (nSPS) is 2.29. The third-order valence-electron chi connectivity index (χ3n) is 0. The molecule has 0 fully saturated rings. The molecule has 0 spiro atoms. The van der Waals surface area contributed by atoms with E-state index in [2.05, 4.69) is 26.3 Å². The van der Waals surface area contributed by atoms with Crippen LogP contribution < -0.4 is 0 Å². The lowest BCUT2D eigenvalue weighted by Crippen LogP contribution is -1.22. The number of carbonyl (C=O) groups excluding carboxylic acids is 2. The van der Waals surface area contributed by atoms with Crippen LogP contribution in [0.4, 0.5) is 0 Å². The summed E-state index contributed by atoms with van der Waals surface area (Å²) < 4.78 is 0. The lowest BCUT2D eigenvalue weighted by atomic mass is 11.3. The fraction of sp³-hybridized carbons (Fsp3) is 0. The van der Waals surface area contributed by atoms with Gasteiger partial charge in [-0.05, 0) is 0 Å². The average Bonchev–Trinajstić information content (AvgIpc) is 1.78. The van der Waals surface area contributed by atoms with Crippen LogP contribution in [0.25, 0.3) is 0 Å². The first-order valence-electron chi connectivity index (χ1n) is 1.41. The Hall–Kier alpha value is -1.14. The molecule has 0 aromatic carbocycles. The highest BCUT2D eigenvalue weighted by atomic mass is 16.2. The van der Waals surface area contributed by atoms with Crippen LogP contribution in [-0.4, -0.2) is 6.15 Å². The van der Waals surface area contributed by atoms with Gasteiger partial charge >= 0.3 is 6.15 Å². The van der Waals surface area contributed by atoms with E-state index >= 15 is 0 Å². The predicted octanol–water partition coefficient (Wildman–Crippen LogP) is 1.02. The Kier molecular flexibility index (Phi) is 8930. The molecule has 0 unspecified atom stereocenters. The third-order valence-corrected chi connectivity index (χ3v) is 0. The lowest BCUT2D eigenvalue weighted by Gasteiger charge is -0.945. The molecule has 0 saturated carbocycles. The second-order valence-corrected chi connectivity index (χ2v) is 0.0833. The van der Waals surface area contributed by atoms with E-state index < -0.39 is 0 Å². The van der Waals surface area contributed by atoms with Crippen LogP contribution in [0.1, 0.15) is 0 Å². The Labute approximate surface area is 43.2 Å². The average molecular weight is 100 g/mol. The van der Waals surface area contributed by atoms with Gasteiger partial charge in [0.25, 0.3) is 0 Å². The number of hydrogen-bond acceptors (Lipinski definition) is 2. The van der Waals surface area contributed by atoms with Crippen molar-refractivity contribution < 1.29 is 9.59 Å². The Morgan fingerprint density at radius 3 is 0.857 bits per heavy atom. The molecule has 0 aliphatic heterocycles. The molecule has 0 aromatic heterocycles. The van der Waals surface area contributed by atoms with Gasteiger partial charge in [0, 0.05) is 0 Å². The Morgan fingerprint density at radius 1 is 0.857 bits per heavy atom.